The quantitative estimate of drug-likeness (QED) is 0.254. The van der Waals surface area contributed by atoms with Gasteiger partial charge in [0.25, 0.3) is 0 Å². The molecule has 0 aromatic rings. The number of hydrogen-bond acceptors (Lipinski definition) is 2. The van der Waals surface area contributed by atoms with Gasteiger partial charge in [-0.15, -0.1) is 11.6 Å². The van der Waals surface area contributed by atoms with Gasteiger partial charge in [0.15, 0.2) is 0 Å². The summed E-state index contributed by atoms with van der Waals surface area (Å²) in [6.45, 7) is 8.91. The molecule has 132 valence electrons. The number of esters is 1. The zero-order valence-electron chi connectivity index (χ0n) is 15.3. The molecule has 0 N–H and O–H groups in total. The van der Waals surface area contributed by atoms with Crippen LogP contribution < -0.4 is 0 Å². The second kappa shape index (κ2) is 10.2. The van der Waals surface area contributed by atoms with E-state index in [4.69, 9.17) is 16.3 Å². The molecule has 2 nitrogen and oxygen atoms in total. The highest BCUT2D eigenvalue weighted by Crippen LogP contribution is 2.35. The predicted molar refractivity (Wildman–Crippen MR) is 98.8 cm³/mol. The van der Waals surface area contributed by atoms with E-state index < -0.39 is 0 Å². The van der Waals surface area contributed by atoms with Crippen molar-refractivity contribution < 1.29 is 9.53 Å². The van der Waals surface area contributed by atoms with Gasteiger partial charge in [0.1, 0.15) is 0 Å². The van der Waals surface area contributed by atoms with Gasteiger partial charge in [0, 0.05) is 11.0 Å². The molecule has 1 atom stereocenters. The molecular formula is C20H33ClO2. The maximum absolute atomic E-state index is 11.4. The van der Waals surface area contributed by atoms with Crippen LogP contribution in [0.1, 0.15) is 79.1 Å². The summed E-state index contributed by atoms with van der Waals surface area (Å²) in [6, 6.07) is 0. The zero-order valence-corrected chi connectivity index (χ0v) is 16.0. The van der Waals surface area contributed by atoms with Crippen LogP contribution in [-0.4, -0.2) is 17.5 Å². The molecule has 0 saturated carbocycles. The van der Waals surface area contributed by atoms with Gasteiger partial charge in [-0.1, -0.05) is 51.7 Å². The molecule has 0 heterocycles. The van der Waals surface area contributed by atoms with Gasteiger partial charge in [0.05, 0.1) is 6.61 Å². The van der Waals surface area contributed by atoms with Crippen molar-refractivity contribution in [2.45, 2.75) is 83.9 Å². The van der Waals surface area contributed by atoms with E-state index in [1.54, 1.807) is 6.08 Å². The van der Waals surface area contributed by atoms with Crippen molar-refractivity contribution in [1.29, 1.82) is 0 Å². The second-order valence-electron chi connectivity index (χ2n) is 6.68. The van der Waals surface area contributed by atoms with Gasteiger partial charge in [-0.2, -0.15) is 0 Å². The number of allylic oxidation sites excluding steroid dienone is 3. The highest BCUT2D eigenvalue weighted by atomic mass is 35.5. The highest BCUT2D eigenvalue weighted by molar-refractivity contribution is 6.23. The predicted octanol–water partition coefficient (Wildman–Crippen LogP) is 6.19. The number of hydrogen-bond donors (Lipinski definition) is 0. The standard InChI is InChI=1S/C20H33ClO2/c1-5-16(10-9-11-20(21,6-2)7-3)12-17-13-18(14-17)15-19(22)23-8-4/h13,15-16H,5-12,14H2,1-4H3/b18-15-. The van der Waals surface area contributed by atoms with Crippen molar-refractivity contribution in [1.82, 2.24) is 0 Å². The molecule has 0 amide bonds. The molecule has 1 rings (SSSR count). The van der Waals surface area contributed by atoms with Crippen molar-refractivity contribution in [3.8, 4) is 0 Å². The van der Waals surface area contributed by atoms with Crippen LogP contribution in [0.2, 0.25) is 0 Å². The molecule has 0 spiro atoms. The Labute approximate surface area is 147 Å². The Morgan fingerprint density at radius 2 is 2.00 bits per heavy atom. The summed E-state index contributed by atoms with van der Waals surface area (Å²) in [5.41, 5.74) is 2.57. The number of alkyl halides is 1. The first-order chi connectivity index (χ1) is 11.0. The summed E-state index contributed by atoms with van der Waals surface area (Å²) >= 11 is 6.61. The summed E-state index contributed by atoms with van der Waals surface area (Å²) in [7, 11) is 0. The van der Waals surface area contributed by atoms with Crippen LogP contribution in [0, 0.1) is 5.92 Å². The van der Waals surface area contributed by atoms with E-state index >= 15 is 0 Å². The maximum Gasteiger partial charge on any atom is 0.331 e. The molecule has 0 aromatic heterocycles. The van der Waals surface area contributed by atoms with Crippen molar-refractivity contribution in [3.63, 3.8) is 0 Å². The molecule has 0 aromatic carbocycles. The molecule has 1 aliphatic carbocycles. The smallest absolute Gasteiger partial charge is 0.331 e. The van der Waals surface area contributed by atoms with E-state index in [9.17, 15) is 4.79 Å². The van der Waals surface area contributed by atoms with Crippen molar-refractivity contribution in [2.24, 2.45) is 5.92 Å². The molecule has 3 heteroatoms. The Hall–Kier alpha value is -0.760. The van der Waals surface area contributed by atoms with E-state index in [0.29, 0.717) is 6.61 Å². The minimum absolute atomic E-state index is 0.00355. The van der Waals surface area contributed by atoms with E-state index in [1.165, 1.54) is 24.8 Å². The van der Waals surface area contributed by atoms with Gasteiger partial charge in [0.2, 0.25) is 0 Å². The lowest BCUT2D eigenvalue weighted by atomic mass is 9.82. The second-order valence-corrected chi connectivity index (χ2v) is 7.48. The average Bonchev–Trinajstić information content (AvgIpc) is 2.51. The minimum atomic E-state index is -0.220. The Balaban J connectivity index is 2.37. The van der Waals surface area contributed by atoms with Gasteiger partial charge < -0.3 is 4.74 Å². The minimum Gasteiger partial charge on any atom is -0.463 e. The molecular weight excluding hydrogens is 308 g/mol. The zero-order chi connectivity index (χ0) is 17.3. The Morgan fingerprint density at radius 1 is 1.35 bits per heavy atom. The van der Waals surface area contributed by atoms with Crippen molar-refractivity contribution >= 4 is 17.6 Å². The molecule has 0 bridgehead atoms. The molecule has 0 radical (unpaired) electrons. The fourth-order valence-corrected chi connectivity index (χ4v) is 3.32. The summed E-state index contributed by atoms with van der Waals surface area (Å²) < 4.78 is 4.93. The molecule has 0 fully saturated rings. The van der Waals surface area contributed by atoms with Crippen LogP contribution in [0.15, 0.2) is 23.3 Å². The monoisotopic (exact) mass is 340 g/mol. The van der Waals surface area contributed by atoms with Crippen molar-refractivity contribution in [2.75, 3.05) is 6.61 Å². The Morgan fingerprint density at radius 3 is 2.52 bits per heavy atom. The van der Waals surface area contributed by atoms with Gasteiger partial charge in [-0.05, 0) is 50.5 Å². The van der Waals surface area contributed by atoms with E-state index in [2.05, 4.69) is 26.8 Å². The number of carbonyl (C=O) groups excluding carboxylic acids is 1. The van der Waals surface area contributed by atoms with Crippen LogP contribution >= 0.6 is 11.6 Å². The number of carbonyl (C=O) groups is 1. The third kappa shape index (κ3) is 7.12. The fraction of sp³-hybridized carbons (Fsp3) is 0.750. The fourth-order valence-electron chi connectivity index (χ4n) is 3.19. The van der Waals surface area contributed by atoms with Crippen LogP contribution in [0.4, 0.5) is 0 Å². The summed E-state index contributed by atoms with van der Waals surface area (Å²) in [6.07, 6.45) is 12.8. The van der Waals surface area contributed by atoms with Crippen LogP contribution in [0.25, 0.3) is 0 Å². The molecule has 23 heavy (non-hydrogen) atoms. The molecule has 1 aliphatic rings. The van der Waals surface area contributed by atoms with Gasteiger partial charge >= 0.3 is 5.97 Å². The van der Waals surface area contributed by atoms with E-state index in [0.717, 1.165) is 43.6 Å². The number of rotatable bonds is 11. The largest absolute Gasteiger partial charge is 0.463 e. The van der Waals surface area contributed by atoms with Crippen molar-refractivity contribution in [3.05, 3.63) is 23.3 Å². The Bertz CT molecular complexity index is 433. The molecule has 0 aliphatic heterocycles. The van der Waals surface area contributed by atoms with Crippen LogP contribution in [0.5, 0.6) is 0 Å². The maximum atomic E-state index is 11.4. The topological polar surface area (TPSA) is 26.3 Å². The van der Waals surface area contributed by atoms with Crippen LogP contribution in [0.3, 0.4) is 0 Å². The normalized spacial score (nSPS) is 17.6. The first-order valence-corrected chi connectivity index (χ1v) is 9.59. The summed E-state index contributed by atoms with van der Waals surface area (Å²) in [4.78, 5) is 11.4. The van der Waals surface area contributed by atoms with Crippen LogP contribution in [-0.2, 0) is 9.53 Å². The summed E-state index contributed by atoms with van der Waals surface area (Å²) in [5.74, 6) is 0.516. The SMILES string of the molecule is CCOC(=O)/C=C1/C=C(CC(CC)CCCC(Cl)(CC)CC)C1. The lowest BCUT2D eigenvalue weighted by Gasteiger charge is -2.26. The van der Waals surface area contributed by atoms with E-state index in [1.807, 2.05) is 6.92 Å². The number of ether oxygens (including phenoxy) is 1. The van der Waals surface area contributed by atoms with Gasteiger partial charge in [-0.25, -0.2) is 4.79 Å². The first kappa shape index (κ1) is 20.3. The lowest BCUT2D eigenvalue weighted by Crippen LogP contribution is -2.19. The van der Waals surface area contributed by atoms with E-state index in [-0.39, 0.29) is 10.8 Å². The first-order valence-electron chi connectivity index (χ1n) is 9.22. The third-order valence-corrected chi connectivity index (χ3v) is 5.77. The average molecular weight is 341 g/mol. The molecule has 1 unspecified atom stereocenters. The van der Waals surface area contributed by atoms with Gasteiger partial charge in [-0.3, -0.25) is 0 Å². The summed E-state index contributed by atoms with van der Waals surface area (Å²) in [5, 5.41) is 0. The highest BCUT2D eigenvalue weighted by Gasteiger charge is 2.23. The third-order valence-electron chi connectivity index (χ3n) is 5.04. The Kier molecular flexibility index (Phi) is 8.98. The number of halogens is 1. The molecule has 0 saturated heterocycles. The lowest BCUT2D eigenvalue weighted by molar-refractivity contribution is -0.137.